The lowest BCUT2D eigenvalue weighted by Gasteiger charge is -2.39. The first-order valence-corrected chi connectivity index (χ1v) is 11.2. The number of carbonyl (C=O) groups excluding carboxylic acids is 2. The number of rotatable bonds is 5. The highest BCUT2D eigenvalue weighted by molar-refractivity contribution is 5.84. The number of likely N-dealkylation sites (tertiary alicyclic amines) is 1. The van der Waals surface area contributed by atoms with E-state index in [0.29, 0.717) is 6.42 Å². The largest absolute Gasteiger partial charge is 0.481 e. The van der Waals surface area contributed by atoms with Crippen LogP contribution in [0, 0.1) is 11.8 Å². The normalized spacial score (nSPS) is 22.1. The van der Waals surface area contributed by atoms with E-state index in [9.17, 15) is 14.4 Å². The fraction of sp³-hybridized carbons (Fsp3) is 0.400. The molecule has 1 heterocycles. The molecule has 1 aliphatic heterocycles. The fourth-order valence-corrected chi connectivity index (χ4v) is 5.27. The summed E-state index contributed by atoms with van der Waals surface area (Å²) >= 11 is 0. The van der Waals surface area contributed by atoms with Crippen molar-refractivity contribution in [3.8, 4) is 11.1 Å². The van der Waals surface area contributed by atoms with E-state index in [0.717, 1.165) is 24.0 Å². The van der Waals surface area contributed by atoms with Crippen molar-refractivity contribution in [2.75, 3.05) is 19.7 Å². The lowest BCUT2D eigenvalue weighted by atomic mass is 9.95. The Morgan fingerprint density at radius 2 is 1.59 bits per heavy atom. The smallest absolute Gasteiger partial charge is 0.407 e. The van der Waals surface area contributed by atoms with Crippen molar-refractivity contribution in [3.63, 3.8) is 0 Å². The second-order valence-corrected chi connectivity index (χ2v) is 8.89. The number of carboxylic acids is 1. The van der Waals surface area contributed by atoms with Gasteiger partial charge in [-0.25, -0.2) is 4.79 Å². The van der Waals surface area contributed by atoms with E-state index < -0.39 is 18.0 Å². The summed E-state index contributed by atoms with van der Waals surface area (Å²) in [5, 5.41) is 11.9. The van der Waals surface area contributed by atoms with Crippen molar-refractivity contribution in [2.45, 2.75) is 31.2 Å². The number of amides is 2. The van der Waals surface area contributed by atoms with E-state index in [1.807, 2.05) is 24.3 Å². The predicted molar refractivity (Wildman–Crippen MR) is 117 cm³/mol. The van der Waals surface area contributed by atoms with E-state index in [1.54, 1.807) is 4.90 Å². The van der Waals surface area contributed by atoms with Crippen molar-refractivity contribution >= 4 is 18.0 Å². The lowest BCUT2D eigenvalue weighted by molar-refractivity contribution is -0.154. The number of alkyl carbamates (subject to hydrolysis) is 1. The first-order valence-electron chi connectivity index (χ1n) is 11.2. The zero-order valence-corrected chi connectivity index (χ0v) is 17.7. The van der Waals surface area contributed by atoms with Gasteiger partial charge in [-0.2, -0.15) is 0 Å². The van der Waals surface area contributed by atoms with Crippen LogP contribution in [0.4, 0.5) is 4.79 Å². The molecule has 2 atom stereocenters. The molecule has 2 aromatic carbocycles. The number of hydrogen-bond donors (Lipinski definition) is 2. The van der Waals surface area contributed by atoms with E-state index in [1.165, 1.54) is 11.1 Å². The van der Waals surface area contributed by atoms with Crippen molar-refractivity contribution in [1.29, 1.82) is 0 Å². The average Bonchev–Trinajstić information content (AvgIpc) is 3.33. The Morgan fingerprint density at radius 1 is 0.969 bits per heavy atom. The van der Waals surface area contributed by atoms with Gasteiger partial charge in [-0.15, -0.1) is 0 Å². The summed E-state index contributed by atoms with van der Waals surface area (Å²) in [4.78, 5) is 38.0. The van der Waals surface area contributed by atoms with Crippen LogP contribution in [0.3, 0.4) is 0 Å². The van der Waals surface area contributed by atoms with Crippen LogP contribution in [0.15, 0.2) is 48.5 Å². The summed E-state index contributed by atoms with van der Waals surface area (Å²) in [6.45, 7) is 0.738. The Bertz CT molecular complexity index is 1020. The molecule has 0 bridgehead atoms. The summed E-state index contributed by atoms with van der Waals surface area (Å²) in [5.41, 5.74) is 4.66. The average molecular weight is 434 g/mol. The van der Waals surface area contributed by atoms with Crippen molar-refractivity contribution in [3.05, 3.63) is 59.7 Å². The number of hydrogen-bond acceptors (Lipinski definition) is 4. The van der Waals surface area contributed by atoms with Gasteiger partial charge < -0.3 is 20.1 Å². The second-order valence-electron chi connectivity index (χ2n) is 8.89. The fourth-order valence-electron chi connectivity index (χ4n) is 5.27. The molecule has 3 aliphatic rings. The SMILES string of the molecule is O=C(N[C@@H]1CCC[C@@H]1C(=O)N1CC(C(=O)O)C1)OCC1c2ccccc2-c2ccccc21. The maximum atomic E-state index is 12.8. The number of benzene rings is 2. The van der Waals surface area contributed by atoms with Crippen LogP contribution < -0.4 is 5.32 Å². The van der Waals surface area contributed by atoms with Gasteiger partial charge in [0.1, 0.15) is 6.61 Å². The molecule has 0 spiro atoms. The van der Waals surface area contributed by atoms with Crippen LogP contribution in [0.25, 0.3) is 11.1 Å². The molecule has 2 amide bonds. The molecule has 2 aliphatic carbocycles. The van der Waals surface area contributed by atoms with Gasteiger partial charge in [0.15, 0.2) is 0 Å². The Morgan fingerprint density at radius 3 is 2.22 bits per heavy atom. The van der Waals surface area contributed by atoms with Crippen LogP contribution in [0.5, 0.6) is 0 Å². The lowest BCUT2D eigenvalue weighted by Crippen LogP contribution is -2.56. The Hall–Kier alpha value is -3.35. The molecule has 0 aromatic heterocycles. The number of ether oxygens (including phenoxy) is 1. The highest BCUT2D eigenvalue weighted by atomic mass is 16.5. The van der Waals surface area contributed by atoms with Gasteiger partial charge in [0.05, 0.1) is 11.8 Å². The summed E-state index contributed by atoms with van der Waals surface area (Å²) in [5.74, 6) is -1.74. The number of carbonyl (C=O) groups is 3. The molecule has 0 unspecified atom stereocenters. The number of nitrogens with zero attached hydrogens (tertiary/aromatic N) is 1. The van der Waals surface area contributed by atoms with Crippen LogP contribution in [-0.4, -0.2) is 53.7 Å². The van der Waals surface area contributed by atoms with Crippen LogP contribution in [0.1, 0.15) is 36.3 Å². The van der Waals surface area contributed by atoms with Gasteiger partial charge in [0.2, 0.25) is 5.91 Å². The molecule has 166 valence electrons. The van der Waals surface area contributed by atoms with E-state index >= 15 is 0 Å². The van der Waals surface area contributed by atoms with Crippen molar-refractivity contribution < 1.29 is 24.2 Å². The molecule has 0 radical (unpaired) electrons. The minimum atomic E-state index is -0.867. The highest BCUT2D eigenvalue weighted by Gasteiger charge is 2.42. The second kappa shape index (κ2) is 8.30. The Kier molecular flexibility index (Phi) is 5.33. The summed E-state index contributed by atoms with van der Waals surface area (Å²) in [7, 11) is 0. The first-order chi connectivity index (χ1) is 15.5. The zero-order valence-electron chi connectivity index (χ0n) is 17.7. The molecule has 2 N–H and O–H groups in total. The van der Waals surface area contributed by atoms with Crippen LogP contribution in [0.2, 0.25) is 0 Å². The summed E-state index contributed by atoms with van der Waals surface area (Å²) < 4.78 is 5.63. The predicted octanol–water partition coefficient (Wildman–Crippen LogP) is 3.24. The van der Waals surface area contributed by atoms with Gasteiger partial charge in [-0.05, 0) is 35.1 Å². The van der Waals surface area contributed by atoms with Gasteiger partial charge in [0.25, 0.3) is 0 Å². The number of aliphatic carboxylic acids is 1. The van der Waals surface area contributed by atoms with Gasteiger partial charge in [0, 0.05) is 25.0 Å². The topological polar surface area (TPSA) is 95.9 Å². The Balaban J connectivity index is 1.19. The number of fused-ring (bicyclic) bond motifs is 3. The van der Waals surface area contributed by atoms with Crippen LogP contribution in [-0.2, 0) is 14.3 Å². The number of carboxylic acid groups (broad SMARTS) is 1. The van der Waals surface area contributed by atoms with E-state index in [-0.39, 0.29) is 43.5 Å². The molecule has 1 saturated carbocycles. The summed E-state index contributed by atoms with van der Waals surface area (Å²) in [6.07, 6.45) is 1.75. The molecular weight excluding hydrogens is 408 g/mol. The first kappa shape index (κ1) is 20.5. The van der Waals surface area contributed by atoms with Gasteiger partial charge >= 0.3 is 12.1 Å². The molecule has 2 aromatic rings. The molecule has 32 heavy (non-hydrogen) atoms. The highest BCUT2D eigenvalue weighted by Crippen LogP contribution is 2.44. The van der Waals surface area contributed by atoms with Gasteiger partial charge in [-0.3, -0.25) is 9.59 Å². The quantitative estimate of drug-likeness (QED) is 0.753. The number of nitrogens with one attached hydrogen (secondary N) is 1. The van der Waals surface area contributed by atoms with E-state index in [4.69, 9.17) is 9.84 Å². The molecule has 5 rings (SSSR count). The third kappa shape index (κ3) is 3.61. The van der Waals surface area contributed by atoms with Crippen molar-refractivity contribution in [2.24, 2.45) is 11.8 Å². The maximum Gasteiger partial charge on any atom is 0.407 e. The third-order valence-corrected chi connectivity index (χ3v) is 7.02. The van der Waals surface area contributed by atoms with Crippen LogP contribution >= 0.6 is 0 Å². The molecule has 7 heteroatoms. The minimum absolute atomic E-state index is 0.0109. The summed E-state index contributed by atoms with van der Waals surface area (Å²) in [6, 6.07) is 16.1. The minimum Gasteiger partial charge on any atom is -0.481 e. The maximum absolute atomic E-state index is 12.8. The molecule has 7 nitrogen and oxygen atoms in total. The molecular formula is C25H26N2O5. The molecule has 2 fully saturated rings. The monoisotopic (exact) mass is 434 g/mol. The van der Waals surface area contributed by atoms with Gasteiger partial charge in [-0.1, -0.05) is 55.0 Å². The standard InChI is InChI=1S/C25H26N2O5/c28-23(27-12-15(13-27)24(29)30)20-10-5-11-22(20)26-25(31)32-14-21-18-8-3-1-6-16(18)17-7-2-4-9-19(17)21/h1-4,6-9,15,20-22H,5,10-14H2,(H,26,31)(H,29,30)/t20-,22+/m0/s1. The Labute approximate surface area is 186 Å². The third-order valence-electron chi connectivity index (χ3n) is 7.02. The molecule has 1 saturated heterocycles. The van der Waals surface area contributed by atoms with Crippen molar-refractivity contribution in [1.82, 2.24) is 10.2 Å². The van der Waals surface area contributed by atoms with E-state index in [2.05, 4.69) is 29.6 Å². The zero-order chi connectivity index (χ0) is 22.2.